The number of aryl methyl sites for hydroxylation is 2. The van der Waals surface area contributed by atoms with Crippen LogP contribution in [0.1, 0.15) is 27.2 Å². The molecule has 2 saturated heterocycles. The molecule has 0 aliphatic carbocycles. The van der Waals surface area contributed by atoms with Gasteiger partial charge in [0, 0.05) is 61.4 Å². The number of benzene rings is 2. The van der Waals surface area contributed by atoms with Crippen molar-refractivity contribution in [2.75, 3.05) is 57.5 Å². The van der Waals surface area contributed by atoms with E-state index in [2.05, 4.69) is 41.6 Å². The number of hydrogen-bond donors (Lipinski definition) is 0. The van der Waals surface area contributed by atoms with Gasteiger partial charge in [0.15, 0.2) is 0 Å². The Balaban J connectivity index is 1.48. The molecule has 34 heavy (non-hydrogen) atoms. The van der Waals surface area contributed by atoms with E-state index in [-0.39, 0.29) is 5.91 Å². The van der Waals surface area contributed by atoms with E-state index in [9.17, 15) is 4.79 Å². The standard InChI is InChI=1S/C26H29Cl2N3O3/c1-17-13-19(30-5-9-33-10-6-30)16-24-21(17)14-18(29(24)2)15-22-23(27)4-3-20(25(22)28)26(32)31-7-11-34-12-8-31/h3-4,13-14,16H,5-12,15H2,1-2H3. The van der Waals surface area contributed by atoms with Gasteiger partial charge in [-0.2, -0.15) is 0 Å². The smallest absolute Gasteiger partial charge is 0.255 e. The Morgan fingerprint density at radius 1 is 0.971 bits per heavy atom. The predicted octanol–water partition coefficient (Wildman–Crippen LogP) is 4.69. The Kier molecular flexibility index (Phi) is 6.76. The van der Waals surface area contributed by atoms with Crippen LogP contribution in [0.2, 0.25) is 10.0 Å². The minimum Gasteiger partial charge on any atom is -0.378 e. The Hall–Kier alpha value is -2.25. The van der Waals surface area contributed by atoms with Gasteiger partial charge in [0.1, 0.15) is 0 Å². The number of anilines is 1. The molecular formula is C26H29Cl2N3O3. The number of morpholine rings is 2. The summed E-state index contributed by atoms with van der Waals surface area (Å²) in [5.74, 6) is -0.0748. The molecule has 0 saturated carbocycles. The van der Waals surface area contributed by atoms with Crippen LogP contribution in [0, 0.1) is 6.92 Å². The van der Waals surface area contributed by atoms with E-state index in [1.54, 1.807) is 17.0 Å². The molecule has 0 radical (unpaired) electrons. The molecule has 0 bridgehead atoms. The van der Waals surface area contributed by atoms with Crippen molar-refractivity contribution in [1.29, 1.82) is 0 Å². The zero-order chi connectivity index (χ0) is 23.8. The van der Waals surface area contributed by atoms with E-state index in [4.69, 9.17) is 32.7 Å². The van der Waals surface area contributed by atoms with Gasteiger partial charge < -0.3 is 23.8 Å². The lowest BCUT2D eigenvalue weighted by Gasteiger charge is -2.29. The first kappa shape index (κ1) is 23.5. The van der Waals surface area contributed by atoms with Crippen molar-refractivity contribution in [2.45, 2.75) is 13.3 Å². The number of hydrogen-bond acceptors (Lipinski definition) is 4. The molecule has 0 atom stereocenters. The summed E-state index contributed by atoms with van der Waals surface area (Å²) in [6.07, 6.45) is 0.541. The van der Waals surface area contributed by atoms with Gasteiger partial charge in [-0.25, -0.2) is 0 Å². The van der Waals surface area contributed by atoms with Crippen LogP contribution in [0.3, 0.4) is 0 Å². The highest BCUT2D eigenvalue weighted by Gasteiger charge is 2.24. The van der Waals surface area contributed by atoms with Gasteiger partial charge in [-0.3, -0.25) is 4.79 Å². The molecule has 8 heteroatoms. The highest BCUT2D eigenvalue weighted by Crippen LogP contribution is 2.34. The molecule has 2 fully saturated rings. The third kappa shape index (κ3) is 4.40. The van der Waals surface area contributed by atoms with Gasteiger partial charge in [-0.05, 0) is 48.4 Å². The summed E-state index contributed by atoms with van der Waals surface area (Å²) in [7, 11) is 2.07. The van der Waals surface area contributed by atoms with Gasteiger partial charge in [-0.15, -0.1) is 0 Å². The second kappa shape index (κ2) is 9.78. The molecular weight excluding hydrogens is 473 g/mol. The number of carbonyl (C=O) groups excluding carboxylic acids is 1. The number of halogens is 2. The van der Waals surface area contributed by atoms with Gasteiger partial charge in [0.25, 0.3) is 5.91 Å². The highest BCUT2D eigenvalue weighted by atomic mass is 35.5. The molecule has 0 unspecified atom stereocenters. The molecule has 180 valence electrons. The summed E-state index contributed by atoms with van der Waals surface area (Å²) in [6.45, 7) is 7.70. The molecule has 1 amide bonds. The van der Waals surface area contributed by atoms with Crippen LogP contribution in [0.4, 0.5) is 5.69 Å². The maximum atomic E-state index is 13.1. The number of rotatable bonds is 4. The zero-order valence-corrected chi connectivity index (χ0v) is 21.1. The van der Waals surface area contributed by atoms with Crippen LogP contribution in [0.25, 0.3) is 10.9 Å². The molecule has 0 N–H and O–H groups in total. The van der Waals surface area contributed by atoms with E-state index >= 15 is 0 Å². The van der Waals surface area contributed by atoms with E-state index in [0.717, 1.165) is 37.6 Å². The van der Waals surface area contributed by atoms with E-state index < -0.39 is 0 Å². The molecule has 1 aromatic heterocycles. The number of aromatic nitrogens is 1. The van der Waals surface area contributed by atoms with Crippen LogP contribution in [-0.4, -0.2) is 68.0 Å². The first-order valence-corrected chi connectivity index (χ1v) is 12.4. The second-order valence-electron chi connectivity index (χ2n) is 8.96. The van der Waals surface area contributed by atoms with Crippen LogP contribution >= 0.6 is 23.2 Å². The van der Waals surface area contributed by atoms with Crippen molar-refractivity contribution >= 4 is 45.7 Å². The monoisotopic (exact) mass is 501 g/mol. The highest BCUT2D eigenvalue weighted by molar-refractivity contribution is 6.38. The molecule has 6 nitrogen and oxygen atoms in total. The summed E-state index contributed by atoms with van der Waals surface area (Å²) in [5.41, 5.74) is 5.98. The molecule has 2 aliphatic rings. The van der Waals surface area contributed by atoms with Crippen molar-refractivity contribution in [2.24, 2.45) is 7.05 Å². The first-order valence-electron chi connectivity index (χ1n) is 11.7. The Morgan fingerprint density at radius 2 is 1.65 bits per heavy atom. The maximum Gasteiger partial charge on any atom is 0.255 e. The number of carbonyl (C=O) groups is 1. The van der Waals surface area contributed by atoms with Crippen molar-refractivity contribution in [3.63, 3.8) is 0 Å². The lowest BCUT2D eigenvalue weighted by Crippen LogP contribution is -2.40. The summed E-state index contributed by atoms with van der Waals surface area (Å²) in [5, 5.41) is 2.21. The molecule has 3 heterocycles. The van der Waals surface area contributed by atoms with E-state index in [0.29, 0.717) is 48.3 Å². The van der Waals surface area contributed by atoms with Crippen LogP contribution in [0.5, 0.6) is 0 Å². The Labute approximate surface area is 209 Å². The largest absolute Gasteiger partial charge is 0.378 e. The third-order valence-corrected chi connectivity index (χ3v) is 7.69. The number of fused-ring (bicyclic) bond motifs is 1. The molecule has 2 aliphatic heterocycles. The Morgan fingerprint density at radius 3 is 2.35 bits per heavy atom. The topological polar surface area (TPSA) is 46.9 Å². The quantitative estimate of drug-likeness (QED) is 0.520. The number of nitrogens with zero attached hydrogens (tertiary/aromatic N) is 3. The van der Waals surface area contributed by atoms with Crippen LogP contribution in [-0.2, 0) is 22.9 Å². The van der Waals surface area contributed by atoms with E-state index in [1.165, 1.54) is 22.2 Å². The predicted molar refractivity (Wildman–Crippen MR) is 137 cm³/mol. The molecule has 0 spiro atoms. The third-order valence-electron chi connectivity index (χ3n) is 6.90. The van der Waals surface area contributed by atoms with Gasteiger partial charge in [-0.1, -0.05) is 23.2 Å². The average molecular weight is 502 g/mol. The van der Waals surface area contributed by atoms with Gasteiger partial charge in [0.05, 0.1) is 42.5 Å². The fourth-order valence-electron chi connectivity index (χ4n) is 4.86. The number of amides is 1. The summed E-state index contributed by atoms with van der Waals surface area (Å²) in [6, 6.07) is 10.2. The first-order chi connectivity index (χ1) is 16.4. The second-order valence-corrected chi connectivity index (χ2v) is 9.74. The van der Waals surface area contributed by atoms with Crippen molar-refractivity contribution in [3.8, 4) is 0 Å². The van der Waals surface area contributed by atoms with Crippen LogP contribution in [0.15, 0.2) is 30.3 Å². The van der Waals surface area contributed by atoms with Crippen molar-refractivity contribution in [1.82, 2.24) is 9.47 Å². The minimum absolute atomic E-state index is 0.0748. The van der Waals surface area contributed by atoms with Gasteiger partial charge >= 0.3 is 0 Å². The minimum atomic E-state index is -0.0748. The fourth-order valence-corrected chi connectivity index (χ4v) is 5.45. The van der Waals surface area contributed by atoms with Crippen molar-refractivity contribution in [3.05, 3.63) is 62.8 Å². The molecule has 3 aromatic rings. The SMILES string of the molecule is Cc1cc(N2CCOCC2)cc2c1cc(Cc1c(Cl)ccc(C(=O)N3CCOCC3)c1Cl)n2C. The number of ether oxygens (including phenoxy) is 2. The van der Waals surface area contributed by atoms with Gasteiger partial charge in [0.2, 0.25) is 0 Å². The summed E-state index contributed by atoms with van der Waals surface area (Å²) in [4.78, 5) is 17.3. The zero-order valence-electron chi connectivity index (χ0n) is 19.6. The van der Waals surface area contributed by atoms with Crippen molar-refractivity contribution < 1.29 is 14.3 Å². The Bertz CT molecular complexity index is 1230. The lowest BCUT2D eigenvalue weighted by molar-refractivity contribution is 0.0303. The maximum absolute atomic E-state index is 13.1. The molecule has 5 rings (SSSR count). The molecule has 2 aromatic carbocycles. The summed E-state index contributed by atoms with van der Waals surface area (Å²) < 4.78 is 13.1. The summed E-state index contributed by atoms with van der Waals surface area (Å²) >= 11 is 13.4. The average Bonchev–Trinajstić information content (AvgIpc) is 3.18. The lowest BCUT2D eigenvalue weighted by atomic mass is 10.0. The van der Waals surface area contributed by atoms with Crippen LogP contribution < -0.4 is 4.90 Å². The fraction of sp³-hybridized carbons (Fsp3) is 0.423. The van der Waals surface area contributed by atoms with E-state index in [1.807, 2.05) is 0 Å². The normalized spacial score (nSPS) is 16.9.